The zero-order valence-corrected chi connectivity index (χ0v) is 42.8. The second kappa shape index (κ2) is 46.0. The first kappa shape index (κ1) is 62.6. The molecule has 1 heterocycles. The first-order valence-electron chi connectivity index (χ1n) is 28.2. The number of allylic oxidation sites excluding steroid dienone is 3. The number of hydrogen-bond acceptors (Lipinski definition) is 9. The van der Waals surface area contributed by atoms with E-state index < -0.39 is 61.5 Å². The molecular formula is C56H107NO9. The molecule has 1 fully saturated rings. The van der Waals surface area contributed by atoms with E-state index in [4.69, 9.17) is 9.47 Å². The van der Waals surface area contributed by atoms with Crippen molar-refractivity contribution in [3.8, 4) is 0 Å². The number of hydrogen-bond donors (Lipinski definition) is 7. The quantitative estimate of drug-likeness (QED) is 0.0232. The Bertz CT molecular complexity index is 1110. The van der Waals surface area contributed by atoms with Crippen molar-refractivity contribution in [1.82, 2.24) is 5.32 Å². The van der Waals surface area contributed by atoms with Crippen molar-refractivity contribution in [1.29, 1.82) is 0 Å². The summed E-state index contributed by atoms with van der Waals surface area (Å²) in [5.74, 6) is -0.614. The number of aliphatic hydroxyl groups is 6. The van der Waals surface area contributed by atoms with Crippen LogP contribution >= 0.6 is 0 Å². The topological polar surface area (TPSA) is 169 Å². The van der Waals surface area contributed by atoms with Crippen LogP contribution in [0, 0.1) is 0 Å². The number of aliphatic hydroxyl groups excluding tert-OH is 6. The molecule has 0 spiro atoms. The predicted octanol–water partition coefficient (Wildman–Crippen LogP) is 12.4. The van der Waals surface area contributed by atoms with Crippen molar-refractivity contribution in [3.05, 3.63) is 24.3 Å². The molecule has 1 amide bonds. The minimum absolute atomic E-state index is 0.303. The lowest BCUT2D eigenvalue weighted by Gasteiger charge is -2.40. The van der Waals surface area contributed by atoms with Gasteiger partial charge >= 0.3 is 0 Å². The van der Waals surface area contributed by atoms with Crippen LogP contribution in [0.3, 0.4) is 0 Å². The lowest BCUT2D eigenvalue weighted by atomic mass is 9.99. The van der Waals surface area contributed by atoms with Gasteiger partial charge in [0.05, 0.1) is 25.4 Å². The minimum Gasteiger partial charge on any atom is -0.394 e. The van der Waals surface area contributed by atoms with E-state index in [1.54, 1.807) is 6.08 Å². The lowest BCUT2D eigenvalue weighted by Crippen LogP contribution is -2.60. The number of unbranched alkanes of at least 4 members (excludes halogenated alkanes) is 35. The van der Waals surface area contributed by atoms with E-state index >= 15 is 0 Å². The second-order valence-corrected chi connectivity index (χ2v) is 19.9. The van der Waals surface area contributed by atoms with E-state index in [2.05, 4.69) is 31.3 Å². The van der Waals surface area contributed by atoms with Gasteiger partial charge < -0.3 is 45.4 Å². The van der Waals surface area contributed by atoms with Crippen LogP contribution in [0.2, 0.25) is 0 Å². The van der Waals surface area contributed by atoms with Crippen molar-refractivity contribution in [3.63, 3.8) is 0 Å². The average molecular weight is 938 g/mol. The summed E-state index contributed by atoms with van der Waals surface area (Å²) in [4.78, 5) is 13.1. The summed E-state index contributed by atoms with van der Waals surface area (Å²) in [6.45, 7) is 3.61. The largest absolute Gasteiger partial charge is 0.394 e. The highest BCUT2D eigenvalue weighted by Gasteiger charge is 2.44. The molecule has 1 saturated heterocycles. The minimum atomic E-state index is -1.61. The maximum absolute atomic E-state index is 13.1. The SMILES string of the molecule is CCCCCCCCCCC/C=C/C(O)C(COC1OC(CO)C(O)C(O)C1O)NC(=O)C(O)CCCCCCCCCCCCCCCC/C=C\CCCCCCCCCCCCCC. The van der Waals surface area contributed by atoms with E-state index in [-0.39, 0.29) is 6.61 Å². The van der Waals surface area contributed by atoms with E-state index in [1.807, 2.05) is 6.08 Å². The Morgan fingerprint density at radius 1 is 0.515 bits per heavy atom. The van der Waals surface area contributed by atoms with Crippen LogP contribution < -0.4 is 5.32 Å². The molecule has 0 aliphatic carbocycles. The Hall–Kier alpha value is -1.37. The second-order valence-electron chi connectivity index (χ2n) is 19.9. The Kier molecular flexibility index (Phi) is 43.7. The fraction of sp³-hybridized carbons (Fsp3) is 0.911. The lowest BCUT2D eigenvalue weighted by molar-refractivity contribution is -0.302. The van der Waals surface area contributed by atoms with Gasteiger partial charge in [-0.3, -0.25) is 4.79 Å². The van der Waals surface area contributed by atoms with Gasteiger partial charge in [0, 0.05) is 0 Å². The van der Waals surface area contributed by atoms with Crippen molar-refractivity contribution in [2.75, 3.05) is 13.2 Å². The Morgan fingerprint density at radius 2 is 0.879 bits per heavy atom. The highest BCUT2D eigenvalue weighted by molar-refractivity contribution is 5.80. The third kappa shape index (κ3) is 34.8. The summed E-state index contributed by atoms with van der Waals surface area (Å²) in [5.41, 5.74) is 0. The molecule has 10 nitrogen and oxygen atoms in total. The molecule has 8 atom stereocenters. The van der Waals surface area contributed by atoms with Crippen LogP contribution in [0.15, 0.2) is 24.3 Å². The first-order chi connectivity index (χ1) is 32.3. The molecule has 7 N–H and O–H groups in total. The molecule has 0 aromatic heterocycles. The Balaban J connectivity index is 2.16. The zero-order valence-electron chi connectivity index (χ0n) is 42.8. The van der Waals surface area contributed by atoms with Gasteiger partial charge in [-0.1, -0.05) is 244 Å². The summed E-state index contributed by atoms with van der Waals surface area (Å²) in [6.07, 6.45) is 47.3. The fourth-order valence-corrected chi connectivity index (χ4v) is 9.04. The zero-order chi connectivity index (χ0) is 48.1. The van der Waals surface area contributed by atoms with Crippen LogP contribution in [0.4, 0.5) is 0 Å². The number of carbonyl (C=O) groups excluding carboxylic acids is 1. The molecule has 10 heteroatoms. The summed E-state index contributed by atoms with van der Waals surface area (Å²) in [7, 11) is 0. The summed E-state index contributed by atoms with van der Waals surface area (Å²) < 4.78 is 11.2. The molecular weight excluding hydrogens is 831 g/mol. The van der Waals surface area contributed by atoms with Crippen molar-refractivity contribution < 1.29 is 44.9 Å². The van der Waals surface area contributed by atoms with Crippen molar-refractivity contribution in [2.45, 2.75) is 313 Å². The number of amides is 1. The first-order valence-corrected chi connectivity index (χ1v) is 28.2. The molecule has 0 saturated carbocycles. The van der Waals surface area contributed by atoms with Gasteiger partial charge in [-0.05, 0) is 44.9 Å². The van der Waals surface area contributed by atoms with Crippen molar-refractivity contribution in [2.24, 2.45) is 0 Å². The van der Waals surface area contributed by atoms with Crippen LogP contribution in [-0.4, -0.2) is 98.7 Å². The standard InChI is InChI=1S/C56H107NO9/c1-3-5-7-9-11-13-15-16-17-18-19-20-21-22-23-24-25-26-27-28-29-30-31-32-33-35-37-39-41-43-45-50(60)55(64)57-48(47-65-56-54(63)53(62)52(61)51(46-58)66-56)49(59)44-42-40-38-36-34-14-12-10-8-6-4-2/h22-23,42,44,48-54,56,58-63H,3-21,24-41,43,45-47H2,1-2H3,(H,57,64)/b23-22-,44-42+. The summed E-state index contributed by atoms with van der Waals surface area (Å²) >= 11 is 0. The number of nitrogens with one attached hydrogen (secondary N) is 1. The Morgan fingerprint density at radius 3 is 1.27 bits per heavy atom. The molecule has 1 rings (SSSR count). The predicted molar refractivity (Wildman–Crippen MR) is 273 cm³/mol. The molecule has 1 aliphatic heterocycles. The third-order valence-electron chi connectivity index (χ3n) is 13.6. The highest BCUT2D eigenvalue weighted by Crippen LogP contribution is 2.23. The van der Waals surface area contributed by atoms with Gasteiger partial charge in [-0.15, -0.1) is 0 Å². The maximum atomic E-state index is 13.1. The molecule has 0 radical (unpaired) electrons. The normalized spacial score (nSPS) is 20.4. The highest BCUT2D eigenvalue weighted by atomic mass is 16.7. The molecule has 1 aliphatic rings. The Labute approximate surface area is 405 Å². The molecule has 66 heavy (non-hydrogen) atoms. The van der Waals surface area contributed by atoms with Crippen LogP contribution in [0.25, 0.3) is 0 Å². The smallest absolute Gasteiger partial charge is 0.249 e. The molecule has 0 aromatic carbocycles. The van der Waals surface area contributed by atoms with Crippen LogP contribution in [-0.2, 0) is 14.3 Å². The summed E-state index contributed by atoms with van der Waals surface area (Å²) in [6, 6.07) is -0.977. The van der Waals surface area contributed by atoms with Gasteiger partial charge in [0.25, 0.3) is 0 Å². The van der Waals surface area contributed by atoms with Crippen LogP contribution in [0.5, 0.6) is 0 Å². The number of carbonyl (C=O) groups is 1. The maximum Gasteiger partial charge on any atom is 0.249 e. The fourth-order valence-electron chi connectivity index (χ4n) is 9.04. The van der Waals surface area contributed by atoms with Gasteiger partial charge in [-0.25, -0.2) is 0 Å². The van der Waals surface area contributed by atoms with Crippen LogP contribution in [0.1, 0.15) is 264 Å². The van der Waals surface area contributed by atoms with E-state index in [1.165, 1.54) is 199 Å². The van der Waals surface area contributed by atoms with E-state index in [9.17, 15) is 35.4 Å². The monoisotopic (exact) mass is 938 g/mol. The molecule has 8 unspecified atom stereocenters. The van der Waals surface area contributed by atoms with Gasteiger partial charge in [0.1, 0.15) is 30.5 Å². The third-order valence-corrected chi connectivity index (χ3v) is 13.6. The summed E-state index contributed by atoms with van der Waals surface area (Å²) in [5, 5.41) is 64.8. The number of rotatable bonds is 48. The van der Waals surface area contributed by atoms with E-state index in [0.29, 0.717) is 6.42 Å². The van der Waals surface area contributed by atoms with Gasteiger partial charge in [0.15, 0.2) is 6.29 Å². The van der Waals surface area contributed by atoms with Gasteiger partial charge in [0.2, 0.25) is 5.91 Å². The number of ether oxygens (including phenoxy) is 2. The van der Waals surface area contributed by atoms with E-state index in [0.717, 1.165) is 44.9 Å². The molecule has 0 aromatic rings. The average Bonchev–Trinajstić information content (AvgIpc) is 3.32. The van der Waals surface area contributed by atoms with Crippen molar-refractivity contribution >= 4 is 5.91 Å². The van der Waals surface area contributed by atoms with Gasteiger partial charge in [-0.2, -0.15) is 0 Å². The molecule has 0 bridgehead atoms. The molecule has 390 valence electrons.